The third kappa shape index (κ3) is 3.25. The summed E-state index contributed by atoms with van der Waals surface area (Å²) >= 11 is 0. The lowest BCUT2D eigenvalue weighted by Crippen LogP contribution is -2.54. The van der Waals surface area contributed by atoms with Crippen molar-refractivity contribution >= 4 is 23.6 Å². The molecule has 8 nitrogen and oxygen atoms in total. The highest BCUT2D eigenvalue weighted by Crippen LogP contribution is 2.28. The number of benzene rings is 1. The van der Waals surface area contributed by atoms with Gasteiger partial charge in [-0.1, -0.05) is 13.0 Å². The van der Waals surface area contributed by atoms with Crippen LogP contribution in [0.4, 0.5) is 0 Å². The number of fused-ring (bicyclic) bond motifs is 1. The highest BCUT2D eigenvalue weighted by Gasteiger charge is 2.44. The van der Waals surface area contributed by atoms with Gasteiger partial charge in [0.05, 0.1) is 11.1 Å². The van der Waals surface area contributed by atoms with Crippen LogP contribution < -0.4 is 16.4 Å². The summed E-state index contributed by atoms with van der Waals surface area (Å²) in [5.74, 6) is -1.98. The number of amides is 4. The maximum atomic E-state index is 12.7. The molecule has 0 radical (unpaired) electrons. The molecule has 26 heavy (non-hydrogen) atoms. The number of piperidine rings is 1. The number of hydrogen-bond donors (Lipinski definition) is 3. The molecule has 4 N–H and O–H groups in total. The summed E-state index contributed by atoms with van der Waals surface area (Å²) < 4.78 is 0. The summed E-state index contributed by atoms with van der Waals surface area (Å²) in [4.78, 5) is 49.7. The van der Waals surface area contributed by atoms with E-state index in [9.17, 15) is 19.2 Å². The Kier molecular flexibility index (Phi) is 5.15. The second-order valence-electron chi connectivity index (χ2n) is 6.55. The number of imide groups is 2. The Morgan fingerprint density at radius 2 is 1.96 bits per heavy atom. The standard InChI is InChI=1S/C18H22N4O4/c1-2-11(8-19)20-9-10-3-4-12-13(7-10)18(26)22(17(12)25)14-5-6-15(23)21-16(14)24/h3-4,7,11,14,20H,2,5-6,8-9,19H2,1H3,(H,21,23,24). The quantitative estimate of drug-likeness (QED) is 0.611. The minimum absolute atomic E-state index is 0.108. The normalized spacial score (nSPS) is 21.0. The molecule has 2 aliphatic rings. The molecule has 2 heterocycles. The van der Waals surface area contributed by atoms with Gasteiger partial charge in [0.1, 0.15) is 6.04 Å². The molecule has 138 valence electrons. The highest BCUT2D eigenvalue weighted by atomic mass is 16.2. The van der Waals surface area contributed by atoms with Crippen molar-refractivity contribution in [1.29, 1.82) is 0 Å². The van der Waals surface area contributed by atoms with Crippen LogP contribution in [0, 0.1) is 0 Å². The molecule has 2 unspecified atom stereocenters. The Bertz CT molecular complexity index is 772. The van der Waals surface area contributed by atoms with Crippen molar-refractivity contribution in [2.45, 2.75) is 44.8 Å². The molecular formula is C18H22N4O4. The molecule has 8 heteroatoms. The predicted octanol–water partition coefficient (Wildman–Crippen LogP) is -0.0853. The zero-order chi connectivity index (χ0) is 18.8. The average molecular weight is 358 g/mol. The summed E-state index contributed by atoms with van der Waals surface area (Å²) in [6, 6.07) is 4.32. The molecule has 1 aromatic carbocycles. The lowest BCUT2D eigenvalue weighted by molar-refractivity contribution is -0.136. The lowest BCUT2D eigenvalue weighted by atomic mass is 10.0. The van der Waals surface area contributed by atoms with E-state index in [1.165, 1.54) is 0 Å². The van der Waals surface area contributed by atoms with Gasteiger partial charge >= 0.3 is 0 Å². The Hall–Kier alpha value is -2.58. The second-order valence-corrected chi connectivity index (χ2v) is 6.55. The van der Waals surface area contributed by atoms with E-state index in [-0.39, 0.29) is 30.4 Å². The first kappa shape index (κ1) is 18.2. The van der Waals surface area contributed by atoms with Crippen LogP contribution in [0.1, 0.15) is 52.5 Å². The third-order valence-electron chi connectivity index (χ3n) is 4.88. The summed E-state index contributed by atoms with van der Waals surface area (Å²) in [6.07, 6.45) is 1.15. The van der Waals surface area contributed by atoms with Crippen LogP contribution in [0.3, 0.4) is 0 Å². The van der Waals surface area contributed by atoms with Crippen LogP contribution in [-0.4, -0.2) is 47.2 Å². The average Bonchev–Trinajstić information content (AvgIpc) is 2.87. The van der Waals surface area contributed by atoms with Crippen molar-refractivity contribution in [3.05, 3.63) is 34.9 Å². The molecule has 0 aromatic heterocycles. The number of carbonyl (C=O) groups excluding carboxylic acids is 4. The molecule has 0 spiro atoms. The second kappa shape index (κ2) is 7.35. The minimum atomic E-state index is -0.941. The lowest BCUT2D eigenvalue weighted by Gasteiger charge is -2.27. The molecule has 1 saturated heterocycles. The van der Waals surface area contributed by atoms with Crippen LogP contribution in [0.15, 0.2) is 18.2 Å². The Morgan fingerprint density at radius 1 is 1.23 bits per heavy atom. The summed E-state index contributed by atoms with van der Waals surface area (Å²) in [5, 5.41) is 5.49. The van der Waals surface area contributed by atoms with Crippen molar-refractivity contribution in [3.63, 3.8) is 0 Å². The summed E-state index contributed by atoms with van der Waals surface area (Å²) in [7, 11) is 0. The van der Waals surface area contributed by atoms with E-state index >= 15 is 0 Å². The summed E-state index contributed by atoms with van der Waals surface area (Å²) in [5.41, 5.74) is 7.11. The smallest absolute Gasteiger partial charge is 0.262 e. The van der Waals surface area contributed by atoms with Crippen LogP contribution in [0.25, 0.3) is 0 Å². The first-order chi connectivity index (χ1) is 12.5. The van der Waals surface area contributed by atoms with Crippen molar-refractivity contribution in [2.24, 2.45) is 5.73 Å². The van der Waals surface area contributed by atoms with Crippen LogP contribution in [0.2, 0.25) is 0 Å². The molecule has 1 fully saturated rings. The van der Waals surface area contributed by atoms with Gasteiger partial charge in [0.15, 0.2) is 0 Å². The predicted molar refractivity (Wildman–Crippen MR) is 93.1 cm³/mol. The first-order valence-electron chi connectivity index (χ1n) is 8.74. The van der Waals surface area contributed by atoms with Crippen molar-refractivity contribution in [2.75, 3.05) is 6.54 Å². The van der Waals surface area contributed by atoms with Gasteiger partial charge in [-0.05, 0) is 30.5 Å². The Labute approximate surface area is 151 Å². The maximum Gasteiger partial charge on any atom is 0.262 e. The van der Waals surface area contributed by atoms with E-state index < -0.39 is 23.8 Å². The summed E-state index contributed by atoms with van der Waals surface area (Å²) in [6.45, 7) is 3.08. The Balaban J connectivity index is 1.79. The van der Waals surface area contributed by atoms with Gasteiger partial charge in [0.25, 0.3) is 11.8 Å². The number of nitrogens with two attached hydrogens (primary N) is 1. The molecule has 2 aliphatic heterocycles. The number of hydrogen-bond acceptors (Lipinski definition) is 6. The van der Waals surface area contributed by atoms with Crippen LogP contribution >= 0.6 is 0 Å². The molecule has 1 aromatic rings. The van der Waals surface area contributed by atoms with Gasteiger partial charge in [-0.3, -0.25) is 29.4 Å². The van der Waals surface area contributed by atoms with E-state index in [4.69, 9.17) is 5.73 Å². The molecule has 0 aliphatic carbocycles. The van der Waals surface area contributed by atoms with Crippen molar-refractivity contribution < 1.29 is 19.2 Å². The molecule has 4 amide bonds. The van der Waals surface area contributed by atoms with E-state index in [1.807, 2.05) is 6.92 Å². The Morgan fingerprint density at radius 3 is 2.62 bits per heavy atom. The zero-order valence-electron chi connectivity index (χ0n) is 14.6. The monoisotopic (exact) mass is 358 g/mol. The van der Waals surface area contributed by atoms with Gasteiger partial charge in [0.2, 0.25) is 11.8 Å². The van der Waals surface area contributed by atoms with Gasteiger partial charge < -0.3 is 11.1 Å². The van der Waals surface area contributed by atoms with Crippen LogP contribution in [-0.2, 0) is 16.1 Å². The number of carbonyl (C=O) groups is 4. The van der Waals surface area contributed by atoms with Crippen molar-refractivity contribution in [3.8, 4) is 0 Å². The van der Waals surface area contributed by atoms with Gasteiger partial charge in [-0.2, -0.15) is 0 Å². The number of nitrogens with one attached hydrogen (secondary N) is 2. The fourth-order valence-corrected chi connectivity index (χ4v) is 3.28. The fourth-order valence-electron chi connectivity index (χ4n) is 3.28. The minimum Gasteiger partial charge on any atom is -0.329 e. The van der Waals surface area contributed by atoms with Crippen molar-refractivity contribution in [1.82, 2.24) is 15.5 Å². The first-order valence-corrected chi connectivity index (χ1v) is 8.74. The molecule has 0 bridgehead atoms. The maximum absolute atomic E-state index is 12.7. The van der Waals surface area contributed by atoms with E-state index in [2.05, 4.69) is 10.6 Å². The largest absolute Gasteiger partial charge is 0.329 e. The van der Waals surface area contributed by atoms with E-state index in [1.54, 1.807) is 18.2 Å². The third-order valence-corrected chi connectivity index (χ3v) is 4.88. The van der Waals surface area contributed by atoms with Crippen LogP contribution in [0.5, 0.6) is 0 Å². The van der Waals surface area contributed by atoms with E-state index in [0.29, 0.717) is 18.7 Å². The number of rotatable bonds is 6. The van der Waals surface area contributed by atoms with Gasteiger partial charge in [0, 0.05) is 25.6 Å². The molecule has 0 saturated carbocycles. The van der Waals surface area contributed by atoms with Gasteiger partial charge in [-0.15, -0.1) is 0 Å². The SMILES string of the molecule is CCC(CN)NCc1ccc2c(c1)C(=O)N(C1CCC(=O)NC1=O)C2=O. The topological polar surface area (TPSA) is 122 Å². The molecule has 3 rings (SSSR count). The fraction of sp³-hybridized carbons (Fsp3) is 0.444. The molecule has 2 atom stereocenters. The number of nitrogens with zero attached hydrogens (tertiary/aromatic N) is 1. The van der Waals surface area contributed by atoms with E-state index in [0.717, 1.165) is 16.9 Å². The zero-order valence-corrected chi connectivity index (χ0v) is 14.6. The highest BCUT2D eigenvalue weighted by molar-refractivity contribution is 6.23. The molecular weight excluding hydrogens is 336 g/mol. The van der Waals surface area contributed by atoms with Gasteiger partial charge in [-0.25, -0.2) is 0 Å².